The topological polar surface area (TPSA) is 39.8 Å². The first-order valence-electron chi connectivity index (χ1n) is 7.23. The summed E-state index contributed by atoms with van der Waals surface area (Å²) in [6, 6.07) is 8.69. The summed E-state index contributed by atoms with van der Waals surface area (Å²) in [7, 11) is 0. The molecule has 19 heavy (non-hydrogen) atoms. The molecule has 1 heterocycles. The molecule has 3 N–H and O–H groups in total. The standard InChI is InChI=1S/C16H25N3/c1-13(2)11-17-7-3-8-18-12-14-4-5-15-6-9-19-16(15)10-14/h4-6,9-10,13,17-19H,3,7-8,11-12H2,1-2H3. The van der Waals surface area contributed by atoms with Gasteiger partial charge < -0.3 is 15.6 Å². The van der Waals surface area contributed by atoms with Gasteiger partial charge in [0.15, 0.2) is 0 Å². The molecule has 0 aliphatic carbocycles. The lowest BCUT2D eigenvalue weighted by molar-refractivity contribution is 0.530. The fourth-order valence-electron chi connectivity index (χ4n) is 2.17. The molecule has 3 heteroatoms. The van der Waals surface area contributed by atoms with Crippen LogP contribution in [0.25, 0.3) is 10.9 Å². The number of nitrogens with one attached hydrogen (secondary N) is 3. The molecule has 2 rings (SSSR count). The second-order valence-corrected chi connectivity index (χ2v) is 5.53. The minimum atomic E-state index is 0.737. The molecular weight excluding hydrogens is 234 g/mol. The molecule has 0 atom stereocenters. The third-order valence-corrected chi connectivity index (χ3v) is 3.21. The molecule has 0 amide bonds. The van der Waals surface area contributed by atoms with E-state index in [1.165, 1.54) is 22.9 Å². The molecule has 1 aromatic heterocycles. The quantitative estimate of drug-likeness (QED) is 0.638. The maximum absolute atomic E-state index is 3.49. The molecule has 104 valence electrons. The monoisotopic (exact) mass is 259 g/mol. The molecular formula is C16H25N3. The second-order valence-electron chi connectivity index (χ2n) is 5.53. The summed E-state index contributed by atoms with van der Waals surface area (Å²) in [5.74, 6) is 0.737. The Hall–Kier alpha value is -1.32. The van der Waals surface area contributed by atoms with Crippen LogP contribution in [-0.2, 0) is 6.54 Å². The zero-order valence-electron chi connectivity index (χ0n) is 12.0. The van der Waals surface area contributed by atoms with Gasteiger partial charge in [0.2, 0.25) is 0 Å². The third-order valence-electron chi connectivity index (χ3n) is 3.21. The summed E-state index contributed by atoms with van der Waals surface area (Å²) < 4.78 is 0. The Bertz CT molecular complexity index is 487. The highest BCUT2D eigenvalue weighted by atomic mass is 14.9. The Morgan fingerprint density at radius 2 is 1.95 bits per heavy atom. The van der Waals surface area contributed by atoms with E-state index in [1.807, 2.05) is 6.20 Å². The van der Waals surface area contributed by atoms with Crippen molar-refractivity contribution in [3.05, 3.63) is 36.0 Å². The predicted octanol–water partition coefficient (Wildman–Crippen LogP) is 2.89. The largest absolute Gasteiger partial charge is 0.361 e. The Morgan fingerprint density at radius 1 is 1.11 bits per heavy atom. The number of aromatic nitrogens is 1. The Labute approximate surface area is 115 Å². The van der Waals surface area contributed by atoms with Gasteiger partial charge in [-0.1, -0.05) is 26.0 Å². The predicted molar refractivity (Wildman–Crippen MR) is 82.3 cm³/mol. The molecule has 0 saturated carbocycles. The van der Waals surface area contributed by atoms with Crippen LogP contribution in [0.5, 0.6) is 0 Å². The maximum Gasteiger partial charge on any atom is 0.0457 e. The zero-order valence-corrected chi connectivity index (χ0v) is 12.0. The number of fused-ring (bicyclic) bond motifs is 1. The van der Waals surface area contributed by atoms with E-state index in [4.69, 9.17) is 0 Å². The Kier molecular flexibility index (Phi) is 5.43. The molecule has 0 bridgehead atoms. The van der Waals surface area contributed by atoms with Gasteiger partial charge in [0.1, 0.15) is 0 Å². The van der Waals surface area contributed by atoms with Gasteiger partial charge >= 0.3 is 0 Å². The molecule has 0 aliphatic rings. The second kappa shape index (κ2) is 7.31. The Morgan fingerprint density at radius 3 is 2.79 bits per heavy atom. The van der Waals surface area contributed by atoms with Gasteiger partial charge in [-0.25, -0.2) is 0 Å². The number of aromatic amines is 1. The van der Waals surface area contributed by atoms with E-state index in [9.17, 15) is 0 Å². The van der Waals surface area contributed by atoms with E-state index in [0.29, 0.717) is 0 Å². The molecule has 0 aliphatic heterocycles. The van der Waals surface area contributed by atoms with E-state index in [0.717, 1.165) is 32.1 Å². The minimum Gasteiger partial charge on any atom is -0.361 e. The van der Waals surface area contributed by atoms with Crippen molar-refractivity contribution in [1.29, 1.82) is 0 Å². The number of hydrogen-bond acceptors (Lipinski definition) is 2. The number of benzene rings is 1. The van der Waals surface area contributed by atoms with Crippen LogP contribution >= 0.6 is 0 Å². The summed E-state index contributed by atoms with van der Waals surface area (Å²) in [4.78, 5) is 3.25. The van der Waals surface area contributed by atoms with Crippen LogP contribution in [0.3, 0.4) is 0 Å². The van der Waals surface area contributed by atoms with Crippen molar-refractivity contribution in [1.82, 2.24) is 15.6 Å². The van der Waals surface area contributed by atoms with Gasteiger partial charge in [0.05, 0.1) is 0 Å². The van der Waals surface area contributed by atoms with Crippen LogP contribution in [0.4, 0.5) is 0 Å². The van der Waals surface area contributed by atoms with Crippen molar-refractivity contribution in [2.75, 3.05) is 19.6 Å². The van der Waals surface area contributed by atoms with Gasteiger partial charge in [-0.3, -0.25) is 0 Å². The summed E-state index contributed by atoms with van der Waals surface area (Å²) in [5, 5.41) is 8.23. The van der Waals surface area contributed by atoms with Crippen molar-refractivity contribution in [2.24, 2.45) is 5.92 Å². The lowest BCUT2D eigenvalue weighted by Gasteiger charge is -2.08. The lowest BCUT2D eigenvalue weighted by Crippen LogP contribution is -2.24. The molecule has 3 nitrogen and oxygen atoms in total. The van der Waals surface area contributed by atoms with E-state index >= 15 is 0 Å². The third kappa shape index (κ3) is 4.69. The molecule has 2 aromatic rings. The number of rotatable bonds is 8. The fraction of sp³-hybridized carbons (Fsp3) is 0.500. The van der Waals surface area contributed by atoms with Gasteiger partial charge in [-0.15, -0.1) is 0 Å². The molecule has 1 aromatic carbocycles. The SMILES string of the molecule is CC(C)CNCCCNCc1ccc2cc[nH]c2c1. The average molecular weight is 259 g/mol. The van der Waals surface area contributed by atoms with Crippen molar-refractivity contribution >= 4 is 10.9 Å². The first-order valence-corrected chi connectivity index (χ1v) is 7.23. The highest BCUT2D eigenvalue weighted by molar-refractivity contribution is 5.79. The van der Waals surface area contributed by atoms with Crippen LogP contribution in [0.15, 0.2) is 30.5 Å². The zero-order chi connectivity index (χ0) is 13.5. The van der Waals surface area contributed by atoms with Crippen molar-refractivity contribution in [3.8, 4) is 0 Å². The van der Waals surface area contributed by atoms with Crippen molar-refractivity contribution in [2.45, 2.75) is 26.8 Å². The average Bonchev–Trinajstić information content (AvgIpc) is 2.84. The van der Waals surface area contributed by atoms with Gasteiger partial charge in [-0.2, -0.15) is 0 Å². The van der Waals surface area contributed by atoms with E-state index < -0.39 is 0 Å². The summed E-state index contributed by atoms with van der Waals surface area (Å²) >= 11 is 0. The minimum absolute atomic E-state index is 0.737. The van der Waals surface area contributed by atoms with E-state index in [2.05, 4.69) is 53.7 Å². The highest BCUT2D eigenvalue weighted by Crippen LogP contribution is 2.13. The van der Waals surface area contributed by atoms with Crippen LogP contribution in [-0.4, -0.2) is 24.6 Å². The van der Waals surface area contributed by atoms with Gasteiger partial charge in [0.25, 0.3) is 0 Å². The summed E-state index contributed by atoms with van der Waals surface area (Å²) in [6.07, 6.45) is 3.17. The molecule has 0 radical (unpaired) electrons. The lowest BCUT2D eigenvalue weighted by atomic mass is 10.1. The maximum atomic E-state index is 3.49. The van der Waals surface area contributed by atoms with Crippen LogP contribution in [0.1, 0.15) is 25.8 Å². The van der Waals surface area contributed by atoms with Crippen molar-refractivity contribution < 1.29 is 0 Å². The highest BCUT2D eigenvalue weighted by Gasteiger charge is 1.97. The number of H-pyrrole nitrogens is 1. The van der Waals surface area contributed by atoms with Gasteiger partial charge in [0, 0.05) is 18.3 Å². The van der Waals surface area contributed by atoms with Crippen molar-refractivity contribution in [3.63, 3.8) is 0 Å². The van der Waals surface area contributed by atoms with Crippen LogP contribution in [0.2, 0.25) is 0 Å². The molecule has 0 unspecified atom stereocenters. The molecule has 0 fully saturated rings. The number of hydrogen-bond donors (Lipinski definition) is 3. The van der Waals surface area contributed by atoms with Crippen LogP contribution < -0.4 is 10.6 Å². The summed E-state index contributed by atoms with van der Waals surface area (Å²) in [6.45, 7) is 8.70. The van der Waals surface area contributed by atoms with E-state index in [1.54, 1.807) is 0 Å². The normalized spacial score (nSPS) is 11.5. The first-order chi connectivity index (χ1) is 9.25. The Balaban J connectivity index is 1.62. The van der Waals surface area contributed by atoms with Gasteiger partial charge in [-0.05, 0) is 55.1 Å². The smallest absolute Gasteiger partial charge is 0.0457 e. The molecule has 0 spiro atoms. The first kappa shape index (κ1) is 14.1. The fourth-order valence-corrected chi connectivity index (χ4v) is 2.17. The molecule has 0 saturated heterocycles. The summed E-state index contributed by atoms with van der Waals surface area (Å²) in [5.41, 5.74) is 2.56. The van der Waals surface area contributed by atoms with Crippen LogP contribution in [0, 0.1) is 5.92 Å². The van der Waals surface area contributed by atoms with E-state index in [-0.39, 0.29) is 0 Å².